The van der Waals surface area contributed by atoms with Crippen LogP contribution in [0.5, 0.6) is 0 Å². The predicted molar refractivity (Wildman–Crippen MR) is 111 cm³/mol. The van der Waals surface area contributed by atoms with Gasteiger partial charge in [-0.05, 0) is 37.0 Å². The minimum Gasteiger partial charge on any atom is -0.464 e. The van der Waals surface area contributed by atoms with E-state index in [4.69, 9.17) is 4.42 Å². The summed E-state index contributed by atoms with van der Waals surface area (Å²) in [4.78, 5) is 38.3. The number of carbonyl (C=O) groups excluding carboxylic acids is 3. The van der Waals surface area contributed by atoms with E-state index in [1.54, 1.807) is 30.5 Å². The molecule has 0 saturated carbocycles. The first-order chi connectivity index (χ1) is 14.4. The molecule has 2 aromatic carbocycles. The van der Waals surface area contributed by atoms with Crippen molar-refractivity contribution in [3.05, 3.63) is 71.0 Å². The van der Waals surface area contributed by atoms with Crippen molar-refractivity contribution in [3.63, 3.8) is 0 Å². The number of furan rings is 1. The highest BCUT2D eigenvalue weighted by atomic mass is 16.3. The molecule has 1 aromatic heterocycles. The molecule has 1 atom stereocenters. The number of benzene rings is 2. The molecular formula is C23H23N3O4. The van der Waals surface area contributed by atoms with Gasteiger partial charge in [-0.3, -0.25) is 15.0 Å². The van der Waals surface area contributed by atoms with E-state index in [0.29, 0.717) is 17.5 Å². The Hall–Kier alpha value is -3.61. The summed E-state index contributed by atoms with van der Waals surface area (Å²) in [5.74, 6) is -0.975. The lowest BCUT2D eigenvalue weighted by Gasteiger charge is -2.25. The topological polar surface area (TPSA) is 91.7 Å². The summed E-state index contributed by atoms with van der Waals surface area (Å²) >= 11 is 0. The fraction of sp³-hybridized carbons (Fsp3) is 0.261. The fourth-order valence-corrected chi connectivity index (χ4v) is 3.90. The molecule has 0 spiro atoms. The van der Waals surface area contributed by atoms with Gasteiger partial charge in [0.15, 0.2) is 0 Å². The van der Waals surface area contributed by atoms with E-state index in [2.05, 4.69) is 10.7 Å². The first-order valence-electron chi connectivity index (χ1n) is 9.85. The molecule has 4 amide bonds. The van der Waals surface area contributed by atoms with Crippen LogP contribution in [0.3, 0.4) is 0 Å². The molecule has 2 N–H and O–H groups in total. The first kappa shape index (κ1) is 19.7. The van der Waals surface area contributed by atoms with Crippen LogP contribution < -0.4 is 10.7 Å². The minimum absolute atomic E-state index is 0.0168. The first-order valence-corrected chi connectivity index (χ1v) is 9.85. The largest absolute Gasteiger partial charge is 0.464 e. The number of nitrogens with one attached hydrogen (secondary N) is 2. The van der Waals surface area contributed by atoms with Crippen LogP contribution in [0.25, 0.3) is 11.0 Å². The van der Waals surface area contributed by atoms with Gasteiger partial charge in [0.25, 0.3) is 5.91 Å². The zero-order valence-electron chi connectivity index (χ0n) is 17.1. The molecular weight excluding hydrogens is 382 g/mol. The lowest BCUT2D eigenvalue weighted by atomic mass is 9.87. The minimum atomic E-state index is -1.19. The highest BCUT2D eigenvalue weighted by molar-refractivity contribution is 6.08. The van der Waals surface area contributed by atoms with Crippen LogP contribution in [0, 0.1) is 13.8 Å². The van der Waals surface area contributed by atoms with Crippen LogP contribution in [0.15, 0.2) is 53.1 Å². The van der Waals surface area contributed by atoms with Gasteiger partial charge in [-0.2, -0.15) is 5.01 Å². The Kier molecular flexibility index (Phi) is 4.81. The summed E-state index contributed by atoms with van der Waals surface area (Å²) in [5, 5.41) is 4.36. The maximum absolute atomic E-state index is 13.1. The van der Waals surface area contributed by atoms with E-state index in [1.807, 2.05) is 39.0 Å². The molecule has 4 rings (SSSR count). The molecule has 154 valence electrons. The summed E-state index contributed by atoms with van der Waals surface area (Å²) in [5.41, 5.74) is 5.49. The van der Waals surface area contributed by atoms with Crippen LogP contribution in [0.2, 0.25) is 0 Å². The van der Waals surface area contributed by atoms with Gasteiger partial charge < -0.3 is 9.73 Å². The van der Waals surface area contributed by atoms with Crippen molar-refractivity contribution in [1.29, 1.82) is 0 Å². The van der Waals surface area contributed by atoms with E-state index in [9.17, 15) is 14.4 Å². The molecule has 0 radical (unpaired) electrons. The Morgan fingerprint density at radius 1 is 1.13 bits per heavy atom. The Labute approximate surface area is 174 Å². The van der Waals surface area contributed by atoms with Gasteiger partial charge in [0.05, 0.1) is 12.7 Å². The number of hydrogen-bond donors (Lipinski definition) is 2. The summed E-state index contributed by atoms with van der Waals surface area (Å²) in [6, 6.07) is 12.3. The maximum atomic E-state index is 13.1. The second-order valence-corrected chi connectivity index (χ2v) is 7.55. The average Bonchev–Trinajstić information content (AvgIpc) is 3.26. The zero-order valence-corrected chi connectivity index (χ0v) is 17.1. The van der Waals surface area contributed by atoms with E-state index in [1.165, 1.54) is 0 Å². The van der Waals surface area contributed by atoms with E-state index in [-0.39, 0.29) is 6.42 Å². The number of hydrazine groups is 1. The number of fused-ring (bicyclic) bond motifs is 1. The third-order valence-corrected chi connectivity index (χ3v) is 5.82. The predicted octanol–water partition coefficient (Wildman–Crippen LogP) is 3.48. The molecule has 1 aliphatic rings. The number of nitrogens with zero attached hydrogens (tertiary/aromatic N) is 1. The highest BCUT2D eigenvalue weighted by Crippen LogP contribution is 2.32. The number of carbonyl (C=O) groups is 3. The van der Waals surface area contributed by atoms with Gasteiger partial charge in [0.2, 0.25) is 5.91 Å². The van der Waals surface area contributed by atoms with Gasteiger partial charge >= 0.3 is 6.03 Å². The summed E-state index contributed by atoms with van der Waals surface area (Å²) in [7, 11) is 0. The number of amides is 4. The van der Waals surface area contributed by atoms with Crippen LogP contribution in [-0.4, -0.2) is 22.9 Å². The van der Waals surface area contributed by atoms with Crippen LogP contribution in [-0.2, 0) is 21.5 Å². The van der Waals surface area contributed by atoms with Crippen molar-refractivity contribution in [2.24, 2.45) is 0 Å². The van der Waals surface area contributed by atoms with E-state index >= 15 is 0 Å². The number of urea groups is 1. The third kappa shape index (κ3) is 3.03. The molecule has 0 aliphatic carbocycles. The molecule has 0 bridgehead atoms. The normalized spacial score (nSPS) is 18.7. The quantitative estimate of drug-likeness (QED) is 0.636. The molecule has 1 fully saturated rings. The molecule has 1 aliphatic heterocycles. The Balaban J connectivity index is 1.55. The Morgan fingerprint density at radius 3 is 2.57 bits per heavy atom. The van der Waals surface area contributed by atoms with Crippen molar-refractivity contribution in [2.75, 3.05) is 0 Å². The molecule has 7 heteroatoms. The van der Waals surface area contributed by atoms with Crippen LogP contribution in [0.1, 0.15) is 35.6 Å². The molecule has 2 heterocycles. The number of rotatable bonds is 5. The second-order valence-electron chi connectivity index (χ2n) is 7.55. The molecule has 1 saturated heterocycles. The van der Waals surface area contributed by atoms with Crippen LogP contribution in [0.4, 0.5) is 4.79 Å². The molecule has 3 aromatic rings. The van der Waals surface area contributed by atoms with Crippen LogP contribution >= 0.6 is 0 Å². The standard InChI is InChI=1S/C23H23N3O4/c1-4-23(17-8-6-5-7-9-17)21(28)26(22(29)24-23)25-19(27)12-16-13-30-20-15(3)14(2)10-11-18(16)20/h5-11,13H,4,12H2,1-3H3,(H,24,29)(H,25,27)/t23-/m1/s1. The fourth-order valence-electron chi connectivity index (χ4n) is 3.90. The monoisotopic (exact) mass is 405 g/mol. The van der Waals surface area contributed by atoms with Gasteiger partial charge in [-0.15, -0.1) is 0 Å². The van der Waals surface area contributed by atoms with E-state index < -0.39 is 23.4 Å². The number of aryl methyl sites for hydroxylation is 2. The lowest BCUT2D eigenvalue weighted by Crippen LogP contribution is -2.49. The van der Waals surface area contributed by atoms with Crippen molar-refractivity contribution in [2.45, 2.75) is 39.2 Å². The van der Waals surface area contributed by atoms with E-state index in [0.717, 1.165) is 27.1 Å². The second kappa shape index (κ2) is 7.33. The summed E-state index contributed by atoms with van der Waals surface area (Å²) in [6.07, 6.45) is 1.89. The highest BCUT2D eigenvalue weighted by Gasteiger charge is 2.52. The van der Waals surface area contributed by atoms with Gasteiger partial charge in [-0.1, -0.05) is 49.4 Å². The van der Waals surface area contributed by atoms with Gasteiger partial charge in [0.1, 0.15) is 11.1 Å². The zero-order chi connectivity index (χ0) is 21.5. The Morgan fingerprint density at radius 2 is 1.87 bits per heavy atom. The summed E-state index contributed by atoms with van der Waals surface area (Å²) < 4.78 is 5.64. The lowest BCUT2D eigenvalue weighted by molar-refractivity contribution is -0.139. The molecule has 0 unspecified atom stereocenters. The maximum Gasteiger partial charge on any atom is 0.344 e. The molecule has 7 nitrogen and oxygen atoms in total. The smallest absolute Gasteiger partial charge is 0.344 e. The van der Waals surface area contributed by atoms with Crippen molar-refractivity contribution < 1.29 is 18.8 Å². The third-order valence-electron chi connectivity index (χ3n) is 5.82. The van der Waals surface area contributed by atoms with Crippen molar-refractivity contribution in [1.82, 2.24) is 15.8 Å². The van der Waals surface area contributed by atoms with Gasteiger partial charge in [0, 0.05) is 10.9 Å². The summed E-state index contributed by atoms with van der Waals surface area (Å²) in [6.45, 7) is 5.78. The Bertz CT molecular complexity index is 1150. The van der Waals surface area contributed by atoms with Crippen molar-refractivity contribution in [3.8, 4) is 0 Å². The van der Waals surface area contributed by atoms with Crippen molar-refractivity contribution >= 4 is 28.8 Å². The SMILES string of the molecule is CC[C@]1(c2ccccc2)NC(=O)N(NC(=O)Cc2coc3c(C)c(C)ccc23)C1=O. The molecule has 30 heavy (non-hydrogen) atoms. The van der Waals surface area contributed by atoms with Gasteiger partial charge in [-0.25, -0.2) is 4.79 Å². The number of hydrogen-bond acceptors (Lipinski definition) is 4. The average molecular weight is 405 g/mol. The number of imide groups is 1.